The molecule has 1 N–H and O–H groups in total. The monoisotopic (exact) mass is 504 g/mol. The molecule has 3 aromatic rings. The van der Waals surface area contributed by atoms with Crippen LogP contribution in [0.2, 0.25) is 0 Å². The van der Waals surface area contributed by atoms with Gasteiger partial charge in [-0.05, 0) is 66.8 Å². The number of carbonyl (C=O) groups is 1. The number of amidine groups is 1. The highest BCUT2D eigenvalue weighted by Gasteiger charge is 2.46. The van der Waals surface area contributed by atoms with Gasteiger partial charge in [0.2, 0.25) is 5.91 Å². The number of piperidine rings is 1. The number of aliphatic hydroxyl groups is 1. The standard InChI is InChI=1S/C27H27FN4O3.C2H6/c1-18-15-31(17-29-18)23-10-5-19(13-24(23)35-2)12-20-4-3-11-32-26(20)30-25(34)14-27(32,16-33)21-6-8-22(28)9-7-21;1-2/h5-10,12-13,15,17,33H,3-4,11,14,16H2,1-2H3;1-2H3/b20-12+;. The van der Waals surface area contributed by atoms with E-state index in [1.54, 1.807) is 25.6 Å². The van der Waals surface area contributed by atoms with Crippen LogP contribution >= 0.6 is 0 Å². The number of aromatic nitrogens is 2. The molecule has 194 valence electrons. The number of ether oxygens (including phenoxy) is 1. The van der Waals surface area contributed by atoms with Gasteiger partial charge in [-0.25, -0.2) is 9.37 Å². The summed E-state index contributed by atoms with van der Waals surface area (Å²) in [5, 5.41) is 10.5. The molecule has 1 aromatic heterocycles. The van der Waals surface area contributed by atoms with Crippen LogP contribution in [0.5, 0.6) is 5.75 Å². The fourth-order valence-electron chi connectivity index (χ4n) is 5.01. The van der Waals surface area contributed by atoms with Crippen molar-refractivity contribution in [3.05, 3.63) is 83.2 Å². The second-order valence-corrected chi connectivity index (χ2v) is 8.98. The smallest absolute Gasteiger partial charge is 0.250 e. The van der Waals surface area contributed by atoms with Crippen molar-refractivity contribution in [1.29, 1.82) is 0 Å². The molecule has 1 amide bonds. The Kier molecular flexibility index (Phi) is 7.88. The molecule has 1 saturated heterocycles. The van der Waals surface area contributed by atoms with E-state index in [0.717, 1.165) is 35.4 Å². The Labute approximate surface area is 216 Å². The first-order valence-electron chi connectivity index (χ1n) is 12.6. The van der Waals surface area contributed by atoms with Gasteiger partial charge in [0, 0.05) is 12.7 Å². The number of aliphatic imine (C=N–C) groups is 1. The summed E-state index contributed by atoms with van der Waals surface area (Å²) < 4.78 is 21.2. The number of aryl methyl sites for hydroxylation is 1. The Morgan fingerprint density at radius 1 is 1.19 bits per heavy atom. The van der Waals surface area contributed by atoms with E-state index in [0.29, 0.717) is 23.7 Å². The molecule has 0 bridgehead atoms. The zero-order valence-corrected chi connectivity index (χ0v) is 21.7. The third-order valence-corrected chi connectivity index (χ3v) is 6.74. The summed E-state index contributed by atoms with van der Waals surface area (Å²) in [6.07, 6.45) is 7.32. The van der Waals surface area contributed by atoms with Crippen molar-refractivity contribution >= 4 is 17.8 Å². The molecule has 3 heterocycles. The number of imidazole rings is 1. The molecule has 2 aromatic carbocycles. The largest absolute Gasteiger partial charge is 0.495 e. The van der Waals surface area contributed by atoms with Gasteiger partial charge in [-0.15, -0.1) is 0 Å². The second kappa shape index (κ2) is 11.1. The zero-order valence-electron chi connectivity index (χ0n) is 21.7. The van der Waals surface area contributed by atoms with Crippen molar-refractivity contribution in [2.45, 2.75) is 45.6 Å². The van der Waals surface area contributed by atoms with Crippen LogP contribution in [0.4, 0.5) is 4.39 Å². The van der Waals surface area contributed by atoms with Crippen molar-refractivity contribution in [3.8, 4) is 11.4 Å². The van der Waals surface area contributed by atoms with Gasteiger partial charge in [0.1, 0.15) is 17.4 Å². The maximum Gasteiger partial charge on any atom is 0.250 e. The van der Waals surface area contributed by atoms with Crippen molar-refractivity contribution in [2.75, 3.05) is 20.3 Å². The van der Waals surface area contributed by atoms with Gasteiger partial charge in [0.15, 0.2) is 0 Å². The average Bonchev–Trinajstić information content (AvgIpc) is 3.36. The van der Waals surface area contributed by atoms with Gasteiger partial charge in [-0.2, -0.15) is 4.99 Å². The minimum absolute atomic E-state index is 0.0404. The molecule has 2 aliphatic rings. The molecule has 0 spiro atoms. The van der Waals surface area contributed by atoms with Crippen LogP contribution < -0.4 is 4.74 Å². The average molecular weight is 505 g/mol. The number of carbonyl (C=O) groups excluding carboxylic acids is 1. The van der Waals surface area contributed by atoms with E-state index < -0.39 is 5.54 Å². The van der Waals surface area contributed by atoms with Gasteiger partial charge in [-0.1, -0.05) is 32.0 Å². The fourth-order valence-corrected chi connectivity index (χ4v) is 5.01. The van der Waals surface area contributed by atoms with E-state index in [4.69, 9.17) is 4.74 Å². The van der Waals surface area contributed by atoms with Crippen molar-refractivity contribution in [1.82, 2.24) is 14.5 Å². The molecular formula is C29H33FN4O3. The predicted molar refractivity (Wildman–Crippen MR) is 142 cm³/mol. The summed E-state index contributed by atoms with van der Waals surface area (Å²) >= 11 is 0. The second-order valence-electron chi connectivity index (χ2n) is 8.98. The maximum absolute atomic E-state index is 13.6. The van der Waals surface area contributed by atoms with Crippen LogP contribution in [0.1, 0.15) is 49.9 Å². The van der Waals surface area contributed by atoms with Crippen LogP contribution in [-0.4, -0.2) is 51.6 Å². The lowest BCUT2D eigenvalue weighted by Gasteiger charge is -2.49. The number of aliphatic hydroxyl groups excluding tert-OH is 1. The van der Waals surface area contributed by atoms with Crippen LogP contribution in [-0.2, 0) is 10.3 Å². The van der Waals surface area contributed by atoms with Crippen LogP contribution in [0.25, 0.3) is 11.8 Å². The summed E-state index contributed by atoms with van der Waals surface area (Å²) in [7, 11) is 1.63. The molecule has 7 nitrogen and oxygen atoms in total. The Hall–Kier alpha value is -3.78. The van der Waals surface area contributed by atoms with Crippen LogP contribution in [0.15, 0.2) is 65.6 Å². The number of benzene rings is 2. The third-order valence-electron chi connectivity index (χ3n) is 6.74. The SMILES string of the molecule is CC.COc1cc(/C=C2\CCCN3C2=NC(=O)CC3(CO)c2ccc(F)cc2)ccc1-n1cnc(C)c1. The number of rotatable bonds is 5. The summed E-state index contributed by atoms with van der Waals surface area (Å²) in [5.41, 5.74) is 3.34. The van der Waals surface area contributed by atoms with Crippen LogP contribution in [0.3, 0.4) is 0 Å². The molecule has 1 atom stereocenters. The molecule has 5 rings (SSSR count). The topological polar surface area (TPSA) is 80.0 Å². The van der Waals surface area contributed by atoms with E-state index in [1.807, 2.05) is 60.7 Å². The number of amides is 1. The first-order valence-corrected chi connectivity index (χ1v) is 12.6. The summed E-state index contributed by atoms with van der Waals surface area (Å²) in [5.74, 6) is 0.604. The fraction of sp³-hybridized carbons (Fsp3) is 0.345. The minimum atomic E-state index is -0.970. The highest BCUT2D eigenvalue weighted by molar-refractivity contribution is 6.10. The van der Waals surface area contributed by atoms with E-state index in [-0.39, 0.29) is 24.8 Å². The number of hydrogen-bond acceptors (Lipinski definition) is 5. The Balaban J connectivity index is 0.00000156. The van der Waals surface area contributed by atoms with E-state index in [2.05, 4.69) is 9.98 Å². The molecular weight excluding hydrogens is 471 g/mol. The van der Waals surface area contributed by atoms with Crippen LogP contribution in [0, 0.1) is 12.7 Å². The lowest BCUT2D eigenvalue weighted by Crippen LogP contribution is -2.57. The molecule has 0 aliphatic carbocycles. The van der Waals surface area contributed by atoms with E-state index in [1.165, 1.54) is 12.1 Å². The molecule has 8 heteroatoms. The van der Waals surface area contributed by atoms with E-state index >= 15 is 0 Å². The Morgan fingerprint density at radius 2 is 1.95 bits per heavy atom. The maximum atomic E-state index is 13.6. The Bertz CT molecular complexity index is 1330. The van der Waals surface area contributed by atoms with Gasteiger partial charge < -0.3 is 19.3 Å². The summed E-state index contributed by atoms with van der Waals surface area (Å²) in [4.78, 5) is 23.5. The van der Waals surface area contributed by atoms with Gasteiger partial charge in [0.25, 0.3) is 0 Å². The van der Waals surface area contributed by atoms with Gasteiger partial charge >= 0.3 is 0 Å². The predicted octanol–water partition coefficient (Wildman–Crippen LogP) is 5.05. The molecule has 0 saturated carbocycles. The lowest BCUT2D eigenvalue weighted by atomic mass is 9.81. The highest BCUT2D eigenvalue weighted by atomic mass is 19.1. The third kappa shape index (κ3) is 5.06. The molecule has 0 radical (unpaired) electrons. The molecule has 1 fully saturated rings. The van der Waals surface area contributed by atoms with Crippen molar-refractivity contribution in [2.24, 2.45) is 4.99 Å². The first kappa shape index (κ1) is 26.3. The molecule has 37 heavy (non-hydrogen) atoms. The van der Waals surface area contributed by atoms with Crippen molar-refractivity contribution < 1.29 is 19.0 Å². The van der Waals surface area contributed by atoms with E-state index in [9.17, 15) is 14.3 Å². The highest BCUT2D eigenvalue weighted by Crippen LogP contribution is 2.40. The number of methoxy groups -OCH3 is 1. The minimum Gasteiger partial charge on any atom is -0.495 e. The zero-order chi connectivity index (χ0) is 26.6. The normalized spacial score (nSPS) is 20.2. The summed E-state index contributed by atoms with van der Waals surface area (Å²) in [6, 6.07) is 11.9. The van der Waals surface area contributed by atoms with Gasteiger partial charge in [0.05, 0.1) is 43.4 Å². The quantitative estimate of drug-likeness (QED) is 0.526. The number of hydrogen-bond donors (Lipinski definition) is 1. The van der Waals surface area contributed by atoms with Gasteiger partial charge in [-0.3, -0.25) is 4.79 Å². The molecule has 2 aliphatic heterocycles. The number of fused-ring (bicyclic) bond motifs is 1. The van der Waals surface area contributed by atoms with Crippen molar-refractivity contribution in [3.63, 3.8) is 0 Å². The lowest BCUT2D eigenvalue weighted by molar-refractivity contribution is -0.122. The first-order chi connectivity index (χ1) is 17.9. The Morgan fingerprint density at radius 3 is 2.59 bits per heavy atom. The summed E-state index contributed by atoms with van der Waals surface area (Å²) in [6.45, 7) is 6.30. The molecule has 1 unspecified atom stereocenters. The number of nitrogens with zero attached hydrogens (tertiary/aromatic N) is 4. The number of halogens is 1.